The highest BCUT2D eigenvalue weighted by atomic mass is 32.2. The maximum absolute atomic E-state index is 13.7. The van der Waals surface area contributed by atoms with Crippen LogP contribution in [0.1, 0.15) is 43.9 Å². The van der Waals surface area contributed by atoms with Crippen LogP contribution in [0.25, 0.3) is 0 Å². The van der Waals surface area contributed by atoms with E-state index < -0.39 is 28.7 Å². The van der Waals surface area contributed by atoms with Crippen molar-refractivity contribution in [1.29, 1.82) is 0 Å². The number of aryl methyl sites for hydroxylation is 2. The Morgan fingerprint density at radius 3 is 2.20 bits per heavy atom. The Morgan fingerprint density at radius 1 is 1.00 bits per heavy atom. The first-order valence-electron chi connectivity index (χ1n) is 11.8. The fraction of sp³-hybridized carbons (Fsp3) is 0.462. The van der Waals surface area contributed by atoms with Gasteiger partial charge in [0.2, 0.25) is 11.8 Å². The van der Waals surface area contributed by atoms with Crippen LogP contribution in [0.4, 0.5) is 5.69 Å². The first-order valence-corrected chi connectivity index (χ1v) is 13.2. The Bertz CT molecular complexity index is 1120. The average molecular weight is 503 g/mol. The van der Waals surface area contributed by atoms with Gasteiger partial charge in [0.15, 0.2) is 0 Å². The van der Waals surface area contributed by atoms with Crippen molar-refractivity contribution in [3.63, 3.8) is 0 Å². The molecule has 2 atom stereocenters. The zero-order valence-corrected chi connectivity index (χ0v) is 22.6. The monoisotopic (exact) mass is 502 g/mol. The molecule has 0 unspecified atom stereocenters. The summed E-state index contributed by atoms with van der Waals surface area (Å²) in [5.74, 6) is -0.746. The molecule has 0 saturated carbocycles. The van der Waals surface area contributed by atoms with Crippen LogP contribution in [0.5, 0.6) is 0 Å². The highest BCUT2D eigenvalue weighted by Crippen LogP contribution is 2.26. The minimum Gasteiger partial charge on any atom is -0.352 e. The lowest BCUT2D eigenvalue weighted by Gasteiger charge is -2.33. The summed E-state index contributed by atoms with van der Waals surface area (Å²) in [4.78, 5) is 28.1. The quantitative estimate of drug-likeness (QED) is 0.511. The minimum absolute atomic E-state index is 0.0424. The van der Waals surface area contributed by atoms with Gasteiger partial charge in [-0.1, -0.05) is 49.4 Å². The molecule has 2 aromatic rings. The third kappa shape index (κ3) is 7.29. The van der Waals surface area contributed by atoms with E-state index in [4.69, 9.17) is 0 Å². The molecular weight excluding hydrogens is 464 g/mol. The number of hydrogen-bond acceptors (Lipinski definition) is 4. The van der Waals surface area contributed by atoms with Gasteiger partial charge >= 0.3 is 10.2 Å². The zero-order chi connectivity index (χ0) is 26.3. The lowest BCUT2D eigenvalue weighted by atomic mass is 10.1. The topological polar surface area (TPSA) is 90.0 Å². The first-order chi connectivity index (χ1) is 16.4. The van der Waals surface area contributed by atoms with Gasteiger partial charge in [-0.2, -0.15) is 12.7 Å². The summed E-state index contributed by atoms with van der Waals surface area (Å²) >= 11 is 0. The third-order valence-electron chi connectivity index (χ3n) is 6.02. The number of hydrogen-bond donors (Lipinski definition) is 1. The lowest BCUT2D eigenvalue weighted by molar-refractivity contribution is -0.139. The van der Waals surface area contributed by atoms with Crippen molar-refractivity contribution < 1.29 is 18.0 Å². The summed E-state index contributed by atoms with van der Waals surface area (Å²) in [5, 5.41) is 2.93. The summed E-state index contributed by atoms with van der Waals surface area (Å²) in [6.07, 6.45) is 0.757. The Balaban J connectivity index is 2.48. The molecule has 2 rings (SSSR count). The second-order valence-electron chi connectivity index (χ2n) is 9.09. The number of rotatable bonds is 11. The van der Waals surface area contributed by atoms with Crippen LogP contribution < -0.4 is 9.62 Å². The molecule has 0 spiro atoms. The van der Waals surface area contributed by atoms with Gasteiger partial charge in [-0.25, -0.2) is 4.31 Å². The standard InChI is InChI=1S/C26H38N4O4S/c1-8-21(4)27-26(32)22(5)29(17-23-12-10-9-11-13-23)25(31)18-30(35(33,34)28(6)7)24-16-19(2)14-15-20(24)3/h9-16,21-22H,8,17-18H2,1-7H3,(H,27,32)/t21-,22+/m1/s1. The van der Waals surface area contributed by atoms with E-state index >= 15 is 0 Å². The summed E-state index contributed by atoms with van der Waals surface area (Å²) < 4.78 is 28.8. The number of nitrogens with zero attached hydrogens (tertiary/aromatic N) is 3. The smallest absolute Gasteiger partial charge is 0.304 e. The maximum Gasteiger partial charge on any atom is 0.304 e. The molecule has 0 saturated heterocycles. The molecule has 8 nitrogen and oxygen atoms in total. The summed E-state index contributed by atoms with van der Waals surface area (Å²) in [7, 11) is -1.12. The van der Waals surface area contributed by atoms with Gasteiger partial charge < -0.3 is 10.2 Å². The van der Waals surface area contributed by atoms with E-state index in [0.717, 1.165) is 31.7 Å². The summed E-state index contributed by atoms with van der Waals surface area (Å²) in [6, 6.07) is 14.0. The van der Waals surface area contributed by atoms with Crippen LogP contribution in [0.3, 0.4) is 0 Å². The van der Waals surface area contributed by atoms with E-state index in [1.54, 1.807) is 19.9 Å². The minimum atomic E-state index is -3.98. The van der Waals surface area contributed by atoms with E-state index in [1.165, 1.54) is 19.0 Å². The zero-order valence-electron chi connectivity index (χ0n) is 21.8. The Kier molecular flexibility index (Phi) is 9.85. The van der Waals surface area contributed by atoms with Crippen molar-refractivity contribution in [2.45, 2.75) is 59.7 Å². The maximum atomic E-state index is 13.7. The number of carbonyl (C=O) groups excluding carboxylic acids is 2. The van der Waals surface area contributed by atoms with Gasteiger partial charge in [0.1, 0.15) is 12.6 Å². The molecule has 0 radical (unpaired) electrons. The van der Waals surface area contributed by atoms with E-state index in [2.05, 4.69) is 5.32 Å². The van der Waals surface area contributed by atoms with E-state index in [-0.39, 0.29) is 18.5 Å². The van der Waals surface area contributed by atoms with Crippen LogP contribution in [0.15, 0.2) is 48.5 Å². The second-order valence-corrected chi connectivity index (χ2v) is 11.2. The molecule has 35 heavy (non-hydrogen) atoms. The molecule has 9 heteroatoms. The van der Waals surface area contributed by atoms with E-state index in [1.807, 2.05) is 63.2 Å². The molecule has 0 aliphatic heterocycles. The molecule has 0 bridgehead atoms. The summed E-state index contributed by atoms with van der Waals surface area (Å²) in [6.45, 7) is 8.96. The molecule has 0 aromatic heterocycles. The van der Waals surface area contributed by atoms with Gasteiger partial charge in [-0.3, -0.25) is 9.59 Å². The average Bonchev–Trinajstić information content (AvgIpc) is 2.82. The van der Waals surface area contributed by atoms with Crippen LogP contribution in [-0.4, -0.2) is 62.2 Å². The second kappa shape index (κ2) is 12.2. The predicted octanol–water partition coefficient (Wildman–Crippen LogP) is 3.25. The van der Waals surface area contributed by atoms with Crippen molar-refractivity contribution in [2.75, 3.05) is 24.9 Å². The summed E-state index contributed by atoms with van der Waals surface area (Å²) in [5.41, 5.74) is 2.88. The molecule has 2 amide bonds. The lowest BCUT2D eigenvalue weighted by Crippen LogP contribution is -2.53. The SMILES string of the molecule is CC[C@@H](C)NC(=O)[C@H](C)N(Cc1ccccc1)C(=O)CN(c1cc(C)ccc1C)S(=O)(=O)N(C)C. The number of benzene rings is 2. The highest BCUT2D eigenvalue weighted by Gasteiger charge is 2.33. The van der Waals surface area contributed by atoms with Gasteiger partial charge in [-0.05, 0) is 56.9 Å². The van der Waals surface area contributed by atoms with Gasteiger partial charge in [0, 0.05) is 26.7 Å². The van der Waals surface area contributed by atoms with Crippen molar-refractivity contribution in [1.82, 2.24) is 14.5 Å². The number of anilines is 1. The van der Waals surface area contributed by atoms with Crippen molar-refractivity contribution >= 4 is 27.7 Å². The Labute approximate surface area is 210 Å². The van der Waals surface area contributed by atoms with Crippen LogP contribution in [0.2, 0.25) is 0 Å². The largest absolute Gasteiger partial charge is 0.352 e. The highest BCUT2D eigenvalue weighted by molar-refractivity contribution is 7.90. The van der Waals surface area contributed by atoms with Gasteiger partial charge in [0.05, 0.1) is 5.69 Å². The first kappa shape index (κ1) is 28.3. The third-order valence-corrected chi connectivity index (χ3v) is 7.82. The fourth-order valence-corrected chi connectivity index (χ4v) is 4.63. The predicted molar refractivity (Wildman–Crippen MR) is 140 cm³/mol. The molecular formula is C26H38N4O4S. The number of amides is 2. The molecule has 2 aromatic carbocycles. The van der Waals surface area contributed by atoms with Gasteiger partial charge in [-0.15, -0.1) is 0 Å². The molecule has 0 fully saturated rings. The normalized spacial score (nSPS) is 13.3. The number of carbonyl (C=O) groups is 2. The van der Waals surface area contributed by atoms with Crippen molar-refractivity contribution in [3.05, 3.63) is 65.2 Å². The Morgan fingerprint density at radius 2 is 1.63 bits per heavy atom. The molecule has 0 heterocycles. The van der Waals surface area contributed by atoms with E-state index in [9.17, 15) is 18.0 Å². The molecule has 1 N–H and O–H groups in total. The number of nitrogens with one attached hydrogen (secondary N) is 1. The van der Waals surface area contributed by atoms with Gasteiger partial charge in [0.25, 0.3) is 0 Å². The van der Waals surface area contributed by atoms with Crippen LogP contribution in [-0.2, 0) is 26.3 Å². The van der Waals surface area contributed by atoms with E-state index in [0.29, 0.717) is 5.69 Å². The van der Waals surface area contributed by atoms with Crippen LogP contribution in [0, 0.1) is 13.8 Å². The molecule has 192 valence electrons. The fourth-order valence-electron chi connectivity index (χ4n) is 3.52. The molecule has 0 aliphatic rings. The van der Waals surface area contributed by atoms with Crippen molar-refractivity contribution in [3.8, 4) is 0 Å². The van der Waals surface area contributed by atoms with Crippen molar-refractivity contribution in [2.24, 2.45) is 0 Å². The molecule has 0 aliphatic carbocycles. The van der Waals surface area contributed by atoms with Crippen LogP contribution >= 0.6 is 0 Å². The Hall–Kier alpha value is -2.91.